The lowest BCUT2D eigenvalue weighted by Gasteiger charge is -2.34. The number of aryl methyl sites for hydroxylation is 1. The highest BCUT2D eigenvalue weighted by Gasteiger charge is 2.24. The van der Waals surface area contributed by atoms with Crippen LogP contribution in [0.15, 0.2) is 42.5 Å². The van der Waals surface area contributed by atoms with Gasteiger partial charge in [0.1, 0.15) is 17.6 Å². The number of benzene rings is 2. The number of rotatable bonds is 3. The molecule has 2 aromatic carbocycles. The van der Waals surface area contributed by atoms with E-state index in [-0.39, 0.29) is 11.9 Å². The highest BCUT2D eigenvalue weighted by Crippen LogP contribution is 2.36. The molecule has 1 aliphatic heterocycles. The number of phenolic OH excluding ortho intramolecular Hbond substituents is 1. The van der Waals surface area contributed by atoms with Crippen molar-refractivity contribution in [3.05, 3.63) is 53.6 Å². The van der Waals surface area contributed by atoms with Gasteiger partial charge in [-0.2, -0.15) is 0 Å². The Balaban J connectivity index is 1.82. The van der Waals surface area contributed by atoms with Crippen molar-refractivity contribution in [2.45, 2.75) is 25.9 Å². The molecule has 0 amide bonds. The molecule has 1 N–H and O–H groups in total. The second-order valence-corrected chi connectivity index (χ2v) is 5.60. The second-order valence-electron chi connectivity index (χ2n) is 5.60. The van der Waals surface area contributed by atoms with Gasteiger partial charge in [-0.25, -0.2) is 0 Å². The first-order valence-electron chi connectivity index (χ1n) is 7.45. The summed E-state index contributed by atoms with van der Waals surface area (Å²) in [5, 5.41) is 9.63. The van der Waals surface area contributed by atoms with Crippen molar-refractivity contribution in [3.63, 3.8) is 0 Å². The summed E-state index contributed by atoms with van der Waals surface area (Å²) in [6.07, 6.45) is 2.04. The average Bonchev–Trinajstić information content (AvgIpc) is 2.47. The van der Waals surface area contributed by atoms with E-state index in [0.29, 0.717) is 0 Å². The molecule has 3 nitrogen and oxygen atoms in total. The molecular weight excluding hydrogens is 262 g/mol. The third kappa shape index (κ3) is 2.82. The fourth-order valence-corrected chi connectivity index (χ4v) is 2.99. The van der Waals surface area contributed by atoms with Crippen molar-refractivity contribution in [1.82, 2.24) is 0 Å². The second kappa shape index (κ2) is 5.68. The molecule has 3 heteroatoms. The van der Waals surface area contributed by atoms with Crippen LogP contribution in [-0.2, 0) is 12.8 Å². The monoisotopic (exact) mass is 283 g/mol. The summed E-state index contributed by atoms with van der Waals surface area (Å²) in [5.41, 5.74) is 3.76. The molecule has 1 unspecified atom stereocenters. The van der Waals surface area contributed by atoms with Gasteiger partial charge in [0.05, 0.1) is 12.2 Å². The van der Waals surface area contributed by atoms with Crippen LogP contribution in [0.3, 0.4) is 0 Å². The fraction of sp³-hybridized carbons (Fsp3) is 0.333. The Bertz CT molecular complexity index is 639. The van der Waals surface area contributed by atoms with Gasteiger partial charge < -0.3 is 14.7 Å². The zero-order valence-corrected chi connectivity index (χ0v) is 12.5. The number of anilines is 1. The third-order valence-electron chi connectivity index (χ3n) is 4.07. The van der Waals surface area contributed by atoms with Gasteiger partial charge in [0, 0.05) is 19.5 Å². The van der Waals surface area contributed by atoms with Gasteiger partial charge >= 0.3 is 0 Å². The van der Waals surface area contributed by atoms with E-state index < -0.39 is 0 Å². The van der Waals surface area contributed by atoms with Crippen LogP contribution in [0, 0.1) is 0 Å². The molecule has 21 heavy (non-hydrogen) atoms. The van der Waals surface area contributed by atoms with Gasteiger partial charge in [-0.1, -0.05) is 31.2 Å². The Morgan fingerprint density at radius 1 is 1.19 bits per heavy atom. The Kier molecular flexibility index (Phi) is 3.74. The number of ether oxygens (including phenoxy) is 1. The number of likely N-dealkylation sites (N-methyl/N-ethyl adjacent to an activating group) is 1. The average molecular weight is 283 g/mol. The quantitative estimate of drug-likeness (QED) is 0.937. The van der Waals surface area contributed by atoms with Crippen LogP contribution < -0.4 is 9.64 Å². The third-order valence-corrected chi connectivity index (χ3v) is 4.07. The van der Waals surface area contributed by atoms with E-state index in [2.05, 4.69) is 43.1 Å². The predicted molar refractivity (Wildman–Crippen MR) is 85.3 cm³/mol. The van der Waals surface area contributed by atoms with Crippen molar-refractivity contribution in [2.75, 3.05) is 18.5 Å². The summed E-state index contributed by atoms with van der Waals surface area (Å²) in [5.74, 6) is 1.01. The van der Waals surface area contributed by atoms with Crippen LogP contribution >= 0.6 is 0 Å². The molecule has 1 aliphatic rings. The molecule has 0 aliphatic carbocycles. The van der Waals surface area contributed by atoms with Gasteiger partial charge in [-0.05, 0) is 29.7 Å². The molecule has 1 atom stereocenters. The zero-order valence-electron chi connectivity index (χ0n) is 12.5. The summed E-state index contributed by atoms with van der Waals surface area (Å²) in [4.78, 5) is 2.19. The van der Waals surface area contributed by atoms with E-state index >= 15 is 0 Å². The van der Waals surface area contributed by atoms with E-state index in [9.17, 15) is 5.11 Å². The largest absolute Gasteiger partial charge is 0.508 e. The summed E-state index contributed by atoms with van der Waals surface area (Å²) >= 11 is 0. The predicted octanol–water partition coefficient (Wildman–Crippen LogP) is 3.39. The molecule has 0 aromatic heterocycles. The van der Waals surface area contributed by atoms with Gasteiger partial charge in [-0.3, -0.25) is 0 Å². The standard InChI is InChI=1S/C18H21NO2/c1-3-13-6-4-5-7-14(13)10-16-12-19(2)17-9-8-15(20)11-18(17)21-16/h4-9,11,16,20H,3,10,12H2,1-2H3. The van der Waals surface area contributed by atoms with Crippen molar-refractivity contribution in [2.24, 2.45) is 0 Å². The van der Waals surface area contributed by atoms with E-state index in [4.69, 9.17) is 4.74 Å². The van der Waals surface area contributed by atoms with E-state index in [1.54, 1.807) is 12.1 Å². The number of phenols is 1. The lowest BCUT2D eigenvalue weighted by atomic mass is 9.99. The molecular formula is C18H21NO2. The SMILES string of the molecule is CCc1ccccc1CC1CN(C)c2ccc(O)cc2O1. The Morgan fingerprint density at radius 3 is 2.71 bits per heavy atom. The normalized spacial score (nSPS) is 17.2. The number of hydrogen-bond donors (Lipinski definition) is 1. The fourth-order valence-electron chi connectivity index (χ4n) is 2.99. The molecule has 0 spiro atoms. The molecule has 0 saturated carbocycles. The van der Waals surface area contributed by atoms with Crippen LogP contribution in [0.25, 0.3) is 0 Å². The topological polar surface area (TPSA) is 32.7 Å². The molecule has 110 valence electrons. The maximum atomic E-state index is 9.63. The van der Waals surface area contributed by atoms with Crippen LogP contribution in [0.4, 0.5) is 5.69 Å². The molecule has 0 fully saturated rings. The molecule has 3 rings (SSSR count). The van der Waals surface area contributed by atoms with Crippen LogP contribution in [0.1, 0.15) is 18.1 Å². The van der Waals surface area contributed by atoms with Crippen LogP contribution in [0.2, 0.25) is 0 Å². The number of hydrogen-bond acceptors (Lipinski definition) is 3. The van der Waals surface area contributed by atoms with E-state index in [0.717, 1.165) is 30.8 Å². The lowest BCUT2D eigenvalue weighted by Crippen LogP contribution is -2.39. The van der Waals surface area contributed by atoms with Crippen LogP contribution in [0.5, 0.6) is 11.5 Å². The first-order valence-corrected chi connectivity index (χ1v) is 7.45. The molecule has 0 radical (unpaired) electrons. The van der Waals surface area contributed by atoms with Gasteiger partial charge in [0.2, 0.25) is 0 Å². The van der Waals surface area contributed by atoms with Crippen molar-refractivity contribution in [1.29, 1.82) is 0 Å². The Morgan fingerprint density at radius 2 is 1.95 bits per heavy atom. The zero-order chi connectivity index (χ0) is 14.8. The Hall–Kier alpha value is -2.16. The van der Waals surface area contributed by atoms with Gasteiger partial charge in [-0.15, -0.1) is 0 Å². The minimum atomic E-state index is 0.108. The van der Waals surface area contributed by atoms with Gasteiger partial charge in [0.15, 0.2) is 0 Å². The molecule has 2 aromatic rings. The number of aromatic hydroxyl groups is 1. The Labute approximate surface area is 125 Å². The van der Waals surface area contributed by atoms with Crippen molar-refractivity contribution in [3.8, 4) is 11.5 Å². The lowest BCUT2D eigenvalue weighted by molar-refractivity contribution is 0.195. The summed E-state index contributed by atoms with van der Waals surface area (Å²) in [7, 11) is 2.07. The maximum Gasteiger partial charge on any atom is 0.146 e. The summed E-state index contributed by atoms with van der Waals surface area (Å²) in [6.45, 7) is 3.04. The number of nitrogens with zero attached hydrogens (tertiary/aromatic N) is 1. The first kappa shape index (κ1) is 13.8. The molecule has 0 bridgehead atoms. The molecule has 0 saturated heterocycles. The molecule has 1 heterocycles. The highest BCUT2D eigenvalue weighted by molar-refractivity contribution is 5.62. The minimum absolute atomic E-state index is 0.108. The van der Waals surface area contributed by atoms with E-state index in [1.165, 1.54) is 11.1 Å². The maximum absolute atomic E-state index is 9.63. The number of fused-ring (bicyclic) bond motifs is 1. The van der Waals surface area contributed by atoms with Crippen molar-refractivity contribution < 1.29 is 9.84 Å². The smallest absolute Gasteiger partial charge is 0.146 e. The van der Waals surface area contributed by atoms with Crippen LogP contribution in [-0.4, -0.2) is 24.8 Å². The highest BCUT2D eigenvalue weighted by atomic mass is 16.5. The first-order chi connectivity index (χ1) is 10.2. The van der Waals surface area contributed by atoms with E-state index in [1.807, 2.05) is 6.07 Å². The summed E-state index contributed by atoms with van der Waals surface area (Å²) in [6, 6.07) is 13.8. The van der Waals surface area contributed by atoms with Crippen molar-refractivity contribution >= 4 is 5.69 Å². The minimum Gasteiger partial charge on any atom is -0.508 e. The van der Waals surface area contributed by atoms with Gasteiger partial charge in [0.25, 0.3) is 0 Å². The summed E-state index contributed by atoms with van der Waals surface area (Å²) < 4.78 is 6.08.